The molecule has 1 fully saturated rings. The minimum atomic E-state index is -0.331. The standard InChI is InChI=1S/C18H20FNO3S/c1-11-10-23-15(9-21)8-20(11)18(22)17-7-16(12(2)24-17)13-3-5-14(19)6-4-13/h3-7,11,15,21H,8-10H2,1-2H3. The summed E-state index contributed by atoms with van der Waals surface area (Å²) in [5.74, 6) is -0.328. The van der Waals surface area contributed by atoms with Crippen molar-refractivity contribution in [3.05, 3.63) is 45.9 Å². The zero-order valence-electron chi connectivity index (χ0n) is 13.7. The lowest BCUT2D eigenvalue weighted by Gasteiger charge is -2.37. The number of aliphatic hydroxyl groups is 1. The van der Waals surface area contributed by atoms with Crippen LogP contribution in [0.2, 0.25) is 0 Å². The van der Waals surface area contributed by atoms with E-state index in [1.165, 1.54) is 23.5 Å². The number of aliphatic hydroxyl groups excluding tert-OH is 1. The first kappa shape index (κ1) is 17.1. The van der Waals surface area contributed by atoms with Gasteiger partial charge in [0.05, 0.1) is 30.2 Å². The second-order valence-electron chi connectivity index (χ2n) is 6.03. The van der Waals surface area contributed by atoms with E-state index in [0.29, 0.717) is 18.0 Å². The molecule has 1 aromatic heterocycles. The van der Waals surface area contributed by atoms with Crippen LogP contribution >= 0.6 is 11.3 Å². The minimum absolute atomic E-state index is 0.0306. The maximum Gasteiger partial charge on any atom is 0.264 e. The first-order chi connectivity index (χ1) is 11.5. The third-order valence-electron chi connectivity index (χ3n) is 4.25. The highest BCUT2D eigenvalue weighted by Crippen LogP contribution is 2.32. The number of halogens is 1. The predicted molar refractivity (Wildman–Crippen MR) is 91.8 cm³/mol. The highest BCUT2D eigenvalue weighted by atomic mass is 32.1. The fraction of sp³-hybridized carbons (Fsp3) is 0.389. The van der Waals surface area contributed by atoms with E-state index >= 15 is 0 Å². The number of hydrogen-bond donors (Lipinski definition) is 1. The van der Waals surface area contributed by atoms with Crippen LogP contribution in [0.4, 0.5) is 4.39 Å². The van der Waals surface area contributed by atoms with Crippen molar-refractivity contribution in [1.29, 1.82) is 0 Å². The van der Waals surface area contributed by atoms with Crippen molar-refractivity contribution in [1.82, 2.24) is 4.90 Å². The van der Waals surface area contributed by atoms with E-state index in [1.54, 1.807) is 17.0 Å². The molecule has 2 unspecified atom stereocenters. The Morgan fingerprint density at radius 1 is 1.42 bits per heavy atom. The summed E-state index contributed by atoms with van der Waals surface area (Å²) in [6, 6.07) is 8.12. The fourth-order valence-electron chi connectivity index (χ4n) is 2.86. The molecule has 0 radical (unpaired) electrons. The molecule has 2 heterocycles. The number of aryl methyl sites for hydroxylation is 1. The summed E-state index contributed by atoms with van der Waals surface area (Å²) in [7, 11) is 0. The number of amides is 1. The maximum absolute atomic E-state index is 13.1. The van der Waals surface area contributed by atoms with E-state index in [0.717, 1.165) is 16.0 Å². The molecule has 24 heavy (non-hydrogen) atoms. The normalized spacial score (nSPS) is 21.1. The summed E-state index contributed by atoms with van der Waals surface area (Å²) in [4.78, 5) is 16.3. The van der Waals surface area contributed by atoms with E-state index in [-0.39, 0.29) is 30.5 Å². The maximum atomic E-state index is 13.1. The second-order valence-corrected chi connectivity index (χ2v) is 7.29. The van der Waals surface area contributed by atoms with Crippen molar-refractivity contribution < 1.29 is 19.0 Å². The Hall–Kier alpha value is -1.76. The zero-order valence-corrected chi connectivity index (χ0v) is 14.5. The van der Waals surface area contributed by atoms with E-state index in [2.05, 4.69) is 0 Å². The highest BCUT2D eigenvalue weighted by Gasteiger charge is 2.31. The molecule has 1 N–H and O–H groups in total. The van der Waals surface area contributed by atoms with Gasteiger partial charge in [-0.2, -0.15) is 0 Å². The molecule has 1 amide bonds. The van der Waals surface area contributed by atoms with E-state index in [4.69, 9.17) is 4.74 Å². The fourth-order valence-corrected chi connectivity index (χ4v) is 3.85. The number of hydrogen-bond acceptors (Lipinski definition) is 4. The number of thiophene rings is 1. The van der Waals surface area contributed by atoms with Gasteiger partial charge < -0.3 is 14.7 Å². The molecule has 1 aliphatic rings. The Labute approximate surface area is 144 Å². The third kappa shape index (κ3) is 3.36. The van der Waals surface area contributed by atoms with E-state index in [1.807, 2.05) is 19.9 Å². The van der Waals surface area contributed by atoms with Gasteiger partial charge in [0.25, 0.3) is 5.91 Å². The van der Waals surface area contributed by atoms with Crippen LogP contribution in [0.1, 0.15) is 21.5 Å². The Morgan fingerprint density at radius 2 is 2.12 bits per heavy atom. The van der Waals surface area contributed by atoms with Gasteiger partial charge in [-0.15, -0.1) is 11.3 Å². The molecular formula is C18H20FNO3S. The number of carbonyl (C=O) groups is 1. The van der Waals surface area contributed by atoms with Gasteiger partial charge in [0, 0.05) is 11.4 Å². The van der Waals surface area contributed by atoms with Gasteiger partial charge in [0.15, 0.2) is 0 Å². The topological polar surface area (TPSA) is 49.8 Å². The third-order valence-corrected chi connectivity index (χ3v) is 5.29. The van der Waals surface area contributed by atoms with Gasteiger partial charge in [0.2, 0.25) is 0 Å². The molecule has 0 bridgehead atoms. The molecular weight excluding hydrogens is 329 g/mol. The van der Waals surface area contributed by atoms with Gasteiger partial charge in [-0.3, -0.25) is 4.79 Å². The summed E-state index contributed by atoms with van der Waals surface area (Å²) in [6.07, 6.45) is -0.331. The van der Waals surface area contributed by atoms with Crippen molar-refractivity contribution in [3.8, 4) is 11.1 Å². The van der Waals surface area contributed by atoms with Gasteiger partial charge >= 0.3 is 0 Å². The molecule has 1 saturated heterocycles. The number of benzene rings is 1. The Balaban J connectivity index is 1.86. The summed E-state index contributed by atoms with van der Waals surface area (Å²) in [5, 5.41) is 9.28. The van der Waals surface area contributed by atoms with Crippen LogP contribution in [-0.4, -0.2) is 47.8 Å². The first-order valence-corrected chi connectivity index (χ1v) is 8.71. The van der Waals surface area contributed by atoms with E-state index < -0.39 is 0 Å². The monoisotopic (exact) mass is 349 g/mol. The molecule has 2 atom stereocenters. The van der Waals surface area contributed by atoms with Crippen molar-refractivity contribution in [3.63, 3.8) is 0 Å². The number of morpholine rings is 1. The molecule has 128 valence electrons. The molecule has 4 nitrogen and oxygen atoms in total. The summed E-state index contributed by atoms with van der Waals surface area (Å²) in [5.41, 5.74) is 1.84. The number of rotatable bonds is 3. The average Bonchev–Trinajstić information content (AvgIpc) is 2.97. The molecule has 0 aliphatic carbocycles. The highest BCUT2D eigenvalue weighted by molar-refractivity contribution is 7.14. The van der Waals surface area contributed by atoms with Gasteiger partial charge in [-0.05, 0) is 43.2 Å². The van der Waals surface area contributed by atoms with Gasteiger partial charge in [0.1, 0.15) is 5.82 Å². The molecule has 2 aromatic rings. The predicted octanol–water partition coefficient (Wildman–Crippen LogP) is 3.08. The molecule has 3 rings (SSSR count). The molecule has 1 aromatic carbocycles. The van der Waals surface area contributed by atoms with E-state index in [9.17, 15) is 14.3 Å². The summed E-state index contributed by atoms with van der Waals surface area (Å²) >= 11 is 1.44. The Morgan fingerprint density at radius 3 is 2.79 bits per heavy atom. The average molecular weight is 349 g/mol. The molecule has 0 saturated carbocycles. The van der Waals surface area contributed by atoms with Crippen LogP contribution in [0.5, 0.6) is 0 Å². The lowest BCUT2D eigenvalue weighted by molar-refractivity contribution is -0.0666. The summed E-state index contributed by atoms with van der Waals surface area (Å²) in [6.45, 7) is 4.61. The zero-order chi connectivity index (χ0) is 17.3. The molecule has 1 aliphatic heterocycles. The Kier molecular flexibility index (Phi) is 4.99. The van der Waals surface area contributed by atoms with Gasteiger partial charge in [-0.25, -0.2) is 4.39 Å². The quantitative estimate of drug-likeness (QED) is 0.926. The smallest absolute Gasteiger partial charge is 0.264 e. The number of carbonyl (C=O) groups excluding carboxylic acids is 1. The molecule has 6 heteroatoms. The lowest BCUT2D eigenvalue weighted by Crippen LogP contribution is -2.51. The van der Waals surface area contributed by atoms with Crippen molar-refractivity contribution in [2.45, 2.75) is 26.0 Å². The summed E-state index contributed by atoms with van der Waals surface area (Å²) < 4.78 is 18.6. The van der Waals surface area contributed by atoms with Crippen LogP contribution in [0, 0.1) is 12.7 Å². The molecule has 0 spiro atoms. The minimum Gasteiger partial charge on any atom is -0.394 e. The van der Waals surface area contributed by atoms with Crippen LogP contribution in [-0.2, 0) is 4.74 Å². The Bertz CT molecular complexity index is 728. The van der Waals surface area contributed by atoms with Crippen molar-refractivity contribution in [2.24, 2.45) is 0 Å². The van der Waals surface area contributed by atoms with Crippen LogP contribution < -0.4 is 0 Å². The number of ether oxygens (including phenoxy) is 1. The second kappa shape index (κ2) is 7.01. The SMILES string of the molecule is Cc1sc(C(=O)N2CC(CO)OCC2C)cc1-c1ccc(F)cc1. The van der Waals surface area contributed by atoms with Crippen molar-refractivity contribution >= 4 is 17.2 Å². The van der Waals surface area contributed by atoms with Gasteiger partial charge in [-0.1, -0.05) is 12.1 Å². The van der Waals surface area contributed by atoms with Crippen LogP contribution in [0.3, 0.4) is 0 Å². The largest absolute Gasteiger partial charge is 0.394 e. The van der Waals surface area contributed by atoms with Crippen LogP contribution in [0.15, 0.2) is 30.3 Å². The lowest BCUT2D eigenvalue weighted by atomic mass is 10.1. The number of nitrogens with zero attached hydrogens (tertiary/aromatic N) is 1. The first-order valence-electron chi connectivity index (χ1n) is 7.89. The van der Waals surface area contributed by atoms with Crippen LogP contribution in [0.25, 0.3) is 11.1 Å². The van der Waals surface area contributed by atoms with Crippen molar-refractivity contribution in [2.75, 3.05) is 19.8 Å².